The van der Waals surface area contributed by atoms with Gasteiger partial charge in [-0.25, -0.2) is 0 Å². The maximum absolute atomic E-state index is 2.47. The van der Waals surface area contributed by atoms with Crippen LogP contribution < -0.4 is 0 Å². The highest BCUT2D eigenvalue weighted by atomic mass is 32.2. The fourth-order valence-electron chi connectivity index (χ4n) is 5.50. The monoisotopic (exact) mass is 455 g/mol. The van der Waals surface area contributed by atoms with E-state index < -0.39 is 0 Å². The quantitative estimate of drug-likeness (QED) is 0.232. The topological polar surface area (TPSA) is 4.93 Å². The van der Waals surface area contributed by atoms with Crippen molar-refractivity contribution >= 4 is 84.8 Å². The minimum atomic E-state index is 1.21. The van der Waals surface area contributed by atoms with Gasteiger partial charge in [0.25, 0.3) is 0 Å². The van der Waals surface area contributed by atoms with Crippen molar-refractivity contribution in [2.75, 3.05) is 0 Å². The summed E-state index contributed by atoms with van der Waals surface area (Å²) in [5.74, 6) is 0. The van der Waals surface area contributed by atoms with Gasteiger partial charge in [0, 0.05) is 37.3 Å². The zero-order valence-electron chi connectivity index (χ0n) is 17.6. The summed E-state index contributed by atoms with van der Waals surface area (Å²) in [6.07, 6.45) is 0. The Balaban J connectivity index is 1.75. The molecule has 0 N–H and O–H groups in total. The van der Waals surface area contributed by atoms with E-state index in [9.17, 15) is 0 Å². The summed E-state index contributed by atoms with van der Waals surface area (Å²) in [5.41, 5.74) is 3.80. The third kappa shape index (κ3) is 2.26. The predicted molar refractivity (Wildman–Crippen MR) is 147 cm³/mol. The van der Waals surface area contributed by atoms with E-state index in [2.05, 4.69) is 108 Å². The Morgan fingerprint density at radius 3 is 1.94 bits per heavy atom. The van der Waals surface area contributed by atoms with Crippen LogP contribution >= 0.6 is 22.7 Å². The molecule has 0 saturated carbocycles. The van der Waals surface area contributed by atoms with Crippen molar-refractivity contribution < 1.29 is 0 Å². The molecular weight excluding hydrogens is 438 g/mol. The Hall–Kier alpha value is -3.66. The first-order valence-corrected chi connectivity index (χ1v) is 12.8. The number of hydrogen-bond acceptors (Lipinski definition) is 2. The second-order valence-electron chi connectivity index (χ2n) is 8.52. The van der Waals surface area contributed by atoms with Crippen LogP contribution in [0.3, 0.4) is 0 Å². The van der Waals surface area contributed by atoms with Crippen molar-refractivity contribution in [1.82, 2.24) is 4.57 Å². The first-order chi connectivity index (χ1) is 16.4. The maximum Gasteiger partial charge on any atom is 0.0891 e. The van der Waals surface area contributed by atoms with E-state index in [0.29, 0.717) is 0 Å². The van der Waals surface area contributed by atoms with Gasteiger partial charge in [-0.1, -0.05) is 78.9 Å². The largest absolute Gasteiger partial charge is 0.308 e. The highest BCUT2D eigenvalue weighted by Crippen LogP contribution is 2.51. The number of benzene rings is 5. The number of aromatic nitrogens is 1. The van der Waals surface area contributed by atoms with E-state index in [1.165, 1.54) is 67.8 Å². The predicted octanol–water partition coefficient (Wildman–Crippen LogP) is 9.52. The molecule has 0 unspecified atom stereocenters. The molecule has 8 aromatic rings. The van der Waals surface area contributed by atoms with Gasteiger partial charge in [0.2, 0.25) is 0 Å². The van der Waals surface area contributed by atoms with E-state index >= 15 is 0 Å². The Morgan fingerprint density at radius 2 is 1.12 bits per heavy atom. The fourth-order valence-corrected chi connectivity index (χ4v) is 8.23. The Kier molecular flexibility index (Phi) is 3.48. The van der Waals surface area contributed by atoms with Crippen molar-refractivity contribution in [2.24, 2.45) is 0 Å². The molecule has 3 aromatic heterocycles. The van der Waals surface area contributed by atoms with Gasteiger partial charge in [-0.2, -0.15) is 0 Å². The van der Waals surface area contributed by atoms with Gasteiger partial charge in [-0.05, 0) is 35.0 Å². The van der Waals surface area contributed by atoms with E-state index in [1.807, 2.05) is 22.7 Å². The lowest BCUT2D eigenvalue weighted by Gasteiger charge is -2.10. The van der Waals surface area contributed by atoms with Crippen LogP contribution in [0.15, 0.2) is 103 Å². The molecule has 3 heteroatoms. The second kappa shape index (κ2) is 6.44. The summed E-state index contributed by atoms with van der Waals surface area (Å²) in [7, 11) is 0. The molecule has 0 aliphatic carbocycles. The Morgan fingerprint density at radius 1 is 0.485 bits per heavy atom. The van der Waals surface area contributed by atoms with Crippen LogP contribution in [-0.2, 0) is 0 Å². The molecule has 33 heavy (non-hydrogen) atoms. The maximum atomic E-state index is 2.47. The van der Waals surface area contributed by atoms with Crippen LogP contribution in [0.5, 0.6) is 0 Å². The van der Waals surface area contributed by atoms with Crippen molar-refractivity contribution in [3.8, 4) is 5.69 Å². The van der Waals surface area contributed by atoms with Crippen LogP contribution in [0.1, 0.15) is 0 Å². The minimum absolute atomic E-state index is 1.21. The average Bonchev–Trinajstić information content (AvgIpc) is 3.52. The first kappa shape index (κ1) is 17.8. The molecular formula is C30H17NS2. The molecule has 0 saturated heterocycles. The van der Waals surface area contributed by atoms with Crippen LogP contribution in [0.25, 0.3) is 67.8 Å². The van der Waals surface area contributed by atoms with Crippen molar-refractivity contribution in [3.05, 3.63) is 103 Å². The van der Waals surface area contributed by atoms with E-state index in [1.54, 1.807) is 0 Å². The highest BCUT2D eigenvalue weighted by Gasteiger charge is 2.23. The Bertz CT molecular complexity index is 2020. The standard InChI is InChI=1S/C30H17NS2/c1-2-10-18(11-3-1)31-23-16-8-6-14-21(23)25-19-12-4-5-13-20(19)26-27-22-15-7-9-17-24(22)32-30(27)33-29(26)28(25)31/h1-17H. The lowest BCUT2D eigenvalue weighted by molar-refractivity contribution is 1.19. The number of hydrogen-bond donors (Lipinski definition) is 0. The summed E-state index contributed by atoms with van der Waals surface area (Å²) in [6.45, 7) is 0. The van der Waals surface area contributed by atoms with Gasteiger partial charge in [-0.3, -0.25) is 0 Å². The molecule has 0 bridgehead atoms. The first-order valence-electron chi connectivity index (χ1n) is 11.1. The normalized spacial score (nSPS) is 12.2. The molecule has 1 nitrogen and oxygen atoms in total. The molecule has 0 atom stereocenters. The number of fused-ring (bicyclic) bond motifs is 12. The summed E-state index contributed by atoms with van der Waals surface area (Å²) in [4.78, 5) is 0. The van der Waals surface area contributed by atoms with Gasteiger partial charge >= 0.3 is 0 Å². The van der Waals surface area contributed by atoms with Crippen molar-refractivity contribution in [2.45, 2.75) is 0 Å². The van der Waals surface area contributed by atoms with E-state index in [4.69, 9.17) is 0 Å². The second-order valence-corrected chi connectivity index (χ2v) is 10.9. The smallest absolute Gasteiger partial charge is 0.0891 e. The summed E-state index contributed by atoms with van der Waals surface area (Å²) in [5, 5.41) is 9.54. The van der Waals surface area contributed by atoms with Gasteiger partial charge in [0.05, 0.1) is 19.7 Å². The number of rotatable bonds is 1. The lowest BCUT2D eigenvalue weighted by Crippen LogP contribution is -1.93. The molecule has 5 aromatic carbocycles. The molecule has 0 amide bonds. The summed E-state index contributed by atoms with van der Waals surface area (Å²) in [6, 6.07) is 37.5. The lowest BCUT2D eigenvalue weighted by atomic mass is 9.98. The van der Waals surface area contributed by atoms with Gasteiger partial charge in [0.1, 0.15) is 0 Å². The molecule has 0 aliphatic heterocycles. The molecule has 0 aliphatic rings. The van der Waals surface area contributed by atoms with E-state index in [-0.39, 0.29) is 0 Å². The van der Waals surface area contributed by atoms with Gasteiger partial charge in [0.15, 0.2) is 0 Å². The number of nitrogens with zero attached hydrogens (tertiary/aromatic N) is 1. The highest BCUT2D eigenvalue weighted by molar-refractivity contribution is 7.45. The molecule has 0 radical (unpaired) electrons. The summed E-state index contributed by atoms with van der Waals surface area (Å²) >= 11 is 3.88. The van der Waals surface area contributed by atoms with Crippen molar-refractivity contribution in [1.29, 1.82) is 0 Å². The van der Waals surface area contributed by atoms with Crippen molar-refractivity contribution in [3.63, 3.8) is 0 Å². The zero-order valence-corrected chi connectivity index (χ0v) is 19.2. The SMILES string of the molecule is c1ccc(-n2c3ccccc3c3c4ccccc4c4c(sc5sc6ccccc6c54)c32)cc1. The minimum Gasteiger partial charge on any atom is -0.308 e. The molecule has 0 fully saturated rings. The summed E-state index contributed by atoms with van der Waals surface area (Å²) < 4.78 is 6.64. The van der Waals surface area contributed by atoms with Gasteiger partial charge < -0.3 is 4.57 Å². The van der Waals surface area contributed by atoms with Crippen LogP contribution in [0, 0.1) is 0 Å². The molecule has 8 rings (SSSR count). The third-order valence-electron chi connectivity index (χ3n) is 6.80. The number of thiophene rings is 2. The third-order valence-corrected chi connectivity index (χ3v) is 9.26. The fraction of sp³-hybridized carbons (Fsp3) is 0. The number of para-hydroxylation sites is 2. The van der Waals surface area contributed by atoms with Crippen LogP contribution in [0.2, 0.25) is 0 Å². The average molecular weight is 456 g/mol. The van der Waals surface area contributed by atoms with Gasteiger partial charge in [-0.15, -0.1) is 22.7 Å². The molecule has 0 spiro atoms. The van der Waals surface area contributed by atoms with Crippen LogP contribution in [0.4, 0.5) is 0 Å². The van der Waals surface area contributed by atoms with E-state index in [0.717, 1.165) is 0 Å². The Labute approximate surface area is 197 Å². The zero-order chi connectivity index (χ0) is 21.5. The molecule has 3 heterocycles. The molecule has 154 valence electrons. The van der Waals surface area contributed by atoms with Crippen LogP contribution in [-0.4, -0.2) is 4.57 Å².